The molecule has 0 saturated heterocycles. The van der Waals surface area contributed by atoms with Gasteiger partial charge in [0.15, 0.2) is 0 Å². The molecule has 82 valence electrons. The molecule has 2 nitrogen and oxygen atoms in total. The van der Waals surface area contributed by atoms with E-state index in [1.165, 1.54) is 11.1 Å². The molecular formula is C13H13BrN2. The number of anilines is 1. The van der Waals surface area contributed by atoms with Crippen LogP contribution in [0.15, 0.2) is 47.1 Å². The predicted octanol–water partition coefficient (Wildman–Crippen LogP) is 3.76. The minimum Gasteiger partial charge on any atom is -0.365 e. The molecule has 0 saturated carbocycles. The Kier molecular flexibility index (Phi) is 3.57. The highest BCUT2D eigenvalue weighted by atomic mass is 79.9. The largest absolute Gasteiger partial charge is 0.365 e. The summed E-state index contributed by atoms with van der Waals surface area (Å²) in [6.07, 6.45) is 1.78. The molecule has 0 aliphatic rings. The number of rotatable bonds is 3. The number of hydrogen-bond donors (Lipinski definition) is 1. The van der Waals surface area contributed by atoms with Crippen LogP contribution in [-0.4, -0.2) is 4.98 Å². The number of aromatic nitrogens is 1. The fourth-order valence-electron chi connectivity index (χ4n) is 1.52. The van der Waals surface area contributed by atoms with Crippen molar-refractivity contribution in [2.45, 2.75) is 13.5 Å². The van der Waals surface area contributed by atoms with Gasteiger partial charge in [-0.15, -0.1) is 0 Å². The van der Waals surface area contributed by atoms with Crippen molar-refractivity contribution in [2.75, 3.05) is 5.32 Å². The lowest BCUT2D eigenvalue weighted by atomic mass is 10.1. The Morgan fingerprint density at radius 3 is 2.88 bits per heavy atom. The number of nitrogens with one attached hydrogen (secondary N) is 1. The average molecular weight is 277 g/mol. The lowest BCUT2D eigenvalue weighted by Gasteiger charge is -2.07. The molecule has 0 bridgehead atoms. The molecular weight excluding hydrogens is 264 g/mol. The summed E-state index contributed by atoms with van der Waals surface area (Å²) in [5.74, 6) is 0.879. The summed E-state index contributed by atoms with van der Waals surface area (Å²) in [5, 5.41) is 3.30. The van der Waals surface area contributed by atoms with Crippen LogP contribution in [0, 0.1) is 6.92 Å². The van der Waals surface area contributed by atoms with E-state index in [9.17, 15) is 0 Å². The van der Waals surface area contributed by atoms with Crippen LogP contribution in [0.25, 0.3) is 0 Å². The van der Waals surface area contributed by atoms with E-state index in [2.05, 4.69) is 57.4 Å². The van der Waals surface area contributed by atoms with E-state index in [-0.39, 0.29) is 0 Å². The third-order valence-electron chi connectivity index (χ3n) is 2.30. The van der Waals surface area contributed by atoms with Crippen molar-refractivity contribution in [3.8, 4) is 0 Å². The standard InChI is InChI=1S/C13H13BrN2/c1-10-4-2-5-11(8-10)9-16-13-12(14)6-3-7-15-13/h2-8H,9H2,1H3,(H,15,16). The molecule has 0 radical (unpaired) electrons. The summed E-state index contributed by atoms with van der Waals surface area (Å²) in [5.41, 5.74) is 2.54. The maximum absolute atomic E-state index is 4.26. The number of aryl methyl sites for hydroxylation is 1. The fourth-order valence-corrected chi connectivity index (χ4v) is 1.92. The van der Waals surface area contributed by atoms with E-state index in [0.29, 0.717) is 0 Å². The van der Waals surface area contributed by atoms with E-state index in [4.69, 9.17) is 0 Å². The van der Waals surface area contributed by atoms with Crippen LogP contribution in [0.4, 0.5) is 5.82 Å². The lowest BCUT2D eigenvalue weighted by Crippen LogP contribution is -2.01. The molecule has 0 unspecified atom stereocenters. The average Bonchev–Trinajstić information content (AvgIpc) is 2.28. The van der Waals surface area contributed by atoms with Crippen molar-refractivity contribution in [3.05, 3.63) is 58.2 Å². The van der Waals surface area contributed by atoms with Crippen LogP contribution in [0.5, 0.6) is 0 Å². The van der Waals surface area contributed by atoms with Gasteiger partial charge in [0.2, 0.25) is 0 Å². The monoisotopic (exact) mass is 276 g/mol. The van der Waals surface area contributed by atoms with Gasteiger partial charge in [-0.3, -0.25) is 0 Å². The van der Waals surface area contributed by atoms with E-state index < -0.39 is 0 Å². The highest BCUT2D eigenvalue weighted by Gasteiger charge is 1.99. The zero-order valence-corrected chi connectivity index (χ0v) is 10.7. The molecule has 2 rings (SSSR count). The molecule has 0 fully saturated rings. The number of halogens is 1. The predicted molar refractivity (Wildman–Crippen MR) is 70.4 cm³/mol. The van der Waals surface area contributed by atoms with Crippen molar-refractivity contribution >= 4 is 21.7 Å². The fraction of sp³-hybridized carbons (Fsp3) is 0.154. The van der Waals surface area contributed by atoms with Gasteiger partial charge in [-0.2, -0.15) is 0 Å². The van der Waals surface area contributed by atoms with Gasteiger partial charge in [-0.1, -0.05) is 29.8 Å². The summed E-state index contributed by atoms with van der Waals surface area (Å²) in [6.45, 7) is 2.89. The van der Waals surface area contributed by atoms with Gasteiger partial charge >= 0.3 is 0 Å². The first-order valence-electron chi connectivity index (χ1n) is 5.15. The lowest BCUT2D eigenvalue weighted by molar-refractivity contribution is 1.10. The summed E-state index contributed by atoms with van der Waals surface area (Å²) in [4.78, 5) is 4.26. The normalized spacial score (nSPS) is 10.1. The van der Waals surface area contributed by atoms with E-state index in [1.54, 1.807) is 6.20 Å². The summed E-state index contributed by atoms with van der Waals surface area (Å²) >= 11 is 3.46. The van der Waals surface area contributed by atoms with E-state index in [0.717, 1.165) is 16.8 Å². The van der Waals surface area contributed by atoms with Crippen molar-refractivity contribution in [1.29, 1.82) is 0 Å². The molecule has 1 aromatic heterocycles. The van der Waals surface area contributed by atoms with Crippen LogP contribution in [0.2, 0.25) is 0 Å². The maximum atomic E-state index is 4.26. The molecule has 0 aliphatic heterocycles. The number of pyridine rings is 1. The Morgan fingerprint density at radius 1 is 1.25 bits per heavy atom. The first kappa shape index (κ1) is 11.1. The Labute approximate surface area is 104 Å². The van der Waals surface area contributed by atoms with Crippen LogP contribution in [0.3, 0.4) is 0 Å². The topological polar surface area (TPSA) is 24.9 Å². The van der Waals surface area contributed by atoms with Gasteiger partial charge in [0.05, 0.1) is 4.47 Å². The molecule has 0 amide bonds. The number of hydrogen-bond acceptors (Lipinski definition) is 2. The van der Waals surface area contributed by atoms with Crippen molar-refractivity contribution in [1.82, 2.24) is 4.98 Å². The number of benzene rings is 1. The zero-order chi connectivity index (χ0) is 11.4. The minimum atomic E-state index is 0.789. The summed E-state index contributed by atoms with van der Waals surface area (Å²) in [7, 11) is 0. The smallest absolute Gasteiger partial charge is 0.140 e. The van der Waals surface area contributed by atoms with Gasteiger partial charge in [0.1, 0.15) is 5.82 Å². The SMILES string of the molecule is Cc1cccc(CNc2ncccc2Br)c1. The summed E-state index contributed by atoms with van der Waals surface area (Å²) in [6, 6.07) is 12.3. The molecule has 1 aromatic carbocycles. The third kappa shape index (κ3) is 2.83. The Balaban J connectivity index is 2.05. The zero-order valence-electron chi connectivity index (χ0n) is 9.07. The van der Waals surface area contributed by atoms with Gasteiger partial charge < -0.3 is 5.32 Å². The van der Waals surface area contributed by atoms with Gasteiger partial charge in [-0.25, -0.2) is 4.98 Å². The molecule has 1 heterocycles. The van der Waals surface area contributed by atoms with E-state index in [1.807, 2.05) is 12.1 Å². The molecule has 0 atom stereocenters. The van der Waals surface area contributed by atoms with Gasteiger partial charge in [0.25, 0.3) is 0 Å². The van der Waals surface area contributed by atoms with Crippen LogP contribution >= 0.6 is 15.9 Å². The third-order valence-corrected chi connectivity index (χ3v) is 2.94. The molecule has 0 aliphatic carbocycles. The molecule has 0 spiro atoms. The molecule has 2 aromatic rings. The van der Waals surface area contributed by atoms with Crippen molar-refractivity contribution in [3.63, 3.8) is 0 Å². The molecule has 1 N–H and O–H groups in total. The van der Waals surface area contributed by atoms with E-state index >= 15 is 0 Å². The Morgan fingerprint density at radius 2 is 2.12 bits per heavy atom. The van der Waals surface area contributed by atoms with Crippen molar-refractivity contribution < 1.29 is 0 Å². The van der Waals surface area contributed by atoms with Gasteiger partial charge in [-0.05, 0) is 40.5 Å². The molecule has 3 heteroatoms. The highest BCUT2D eigenvalue weighted by Crippen LogP contribution is 2.19. The Hall–Kier alpha value is -1.35. The summed E-state index contributed by atoms with van der Waals surface area (Å²) < 4.78 is 0.989. The molecule has 16 heavy (non-hydrogen) atoms. The first-order chi connectivity index (χ1) is 7.75. The first-order valence-corrected chi connectivity index (χ1v) is 5.95. The minimum absolute atomic E-state index is 0.789. The Bertz CT molecular complexity index is 483. The van der Waals surface area contributed by atoms with Crippen LogP contribution < -0.4 is 5.32 Å². The van der Waals surface area contributed by atoms with Crippen molar-refractivity contribution in [2.24, 2.45) is 0 Å². The second-order valence-electron chi connectivity index (χ2n) is 3.68. The highest BCUT2D eigenvalue weighted by molar-refractivity contribution is 9.10. The second-order valence-corrected chi connectivity index (χ2v) is 4.53. The van der Waals surface area contributed by atoms with Crippen LogP contribution in [0.1, 0.15) is 11.1 Å². The van der Waals surface area contributed by atoms with Gasteiger partial charge in [0, 0.05) is 12.7 Å². The second kappa shape index (κ2) is 5.12. The van der Waals surface area contributed by atoms with Crippen LogP contribution in [-0.2, 0) is 6.54 Å². The quantitative estimate of drug-likeness (QED) is 0.923. The number of nitrogens with zero attached hydrogens (tertiary/aromatic N) is 1. The maximum Gasteiger partial charge on any atom is 0.140 e.